The van der Waals surface area contributed by atoms with Crippen LogP contribution < -0.4 is 10.6 Å². The summed E-state index contributed by atoms with van der Waals surface area (Å²) >= 11 is 0. The second kappa shape index (κ2) is 29.2. The molecule has 0 atom stereocenters. The van der Waals surface area contributed by atoms with E-state index < -0.39 is 7.92 Å². The van der Waals surface area contributed by atoms with Crippen LogP contribution in [0.1, 0.15) is 32.1 Å². The molecule has 6 aromatic carbocycles. The molecule has 0 radical (unpaired) electrons. The van der Waals surface area contributed by atoms with Gasteiger partial charge in [-0.05, 0) is 49.9 Å². The number of allylic oxidation sites excluding steroid dienone is 4. The number of rotatable bonds is 6. The molecule has 7 rings (SSSR count). The Hall–Kier alpha value is -3.39. The Bertz CT molecular complexity index is 1480. The zero-order valence-corrected chi connectivity index (χ0v) is 34.9. The molecular formula is C48H48PPt2-5. The van der Waals surface area contributed by atoms with Gasteiger partial charge < -0.3 is 14.4 Å². The van der Waals surface area contributed by atoms with Crippen molar-refractivity contribution in [2.24, 2.45) is 0 Å². The number of hydrogen-bond acceptors (Lipinski definition) is 0. The molecule has 0 heterocycles. The minimum Gasteiger partial charge on any atom is -0.358 e. The van der Waals surface area contributed by atoms with Gasteiger partial charge in [0.15, 0.2) is 0 Å². The van der Waals surface area contributed by atoms with E-state index in [0.717, 1.165) is 28.7 Å². The third kappa shape index (κ3) is 18.1. The van der Waals surface area contributed by atoms with E-state index in [2.05, 4.69) is 116 Å². The molecule has 0 aliphatic heterocycles. The summed E-state index contributed by atoms with van der Waals surface area (Å²) in [5, 5.41) is 2.98. The van der Waals surface area contributed by atoms with Crippen molar-refractivity contribution in [2.45, 2.75) is 32.1 Å². The average molecular weight is 1050 g/mol. The van der Waals surface area contributed by atoms with Crippen LogP contribution in [0.5, 0.6) is 0 Å². The van der Waals surface area contributed by atoms with Crippen LogP contribution in [-0.2, 0) is 42.1 Å². The fraction of sp³-hybridized carbons (Fsp3) is 0.125. The predicted octanol–water partition coefficient (Wildman–Crippen LogP) is 12.1. The summed E-state index contributed by atoms with van der Waals surface area (Å²) in [6, 6.07) is 66.0. The smallest absolute Gasteiger partial charge is 0.0965 e. The summed E-state index contributed by atoms with van der Waals surface area (Å²) in [6.07, 6.45) is 16.2. The maximum absolute atomic E-state index is 4.00. The fourth-order valence-corrected chi connectivity index (χ4v) is 7.46. The van der Waals surface area contributed by atoms with Crippen molar-refractivity contribution in [3.8, 4) is 22.3 Å². The first kappa shape index (κ1) is 45.6. The minimum absolute atomic E-state index is 0. The van der Waals surface area contributed by atoms with E-state index in [1.807, 2.05) is 97.1 Å². The molecule has 0 aromatic heterocycles. The molecule has 51 heavy (non-hydrogen) atoms. The van der Waals surface area contributed by atoms with Crippen LogP contribution in [0.4, 0.5) is 0 Å². The van der Waals surface area contributed by atoms with Gasteiger partial charge in [-0.1, -0.05) is 60.7 Å². The van der Waals surface area contributed by atoms with Gasteiger partial charge >= 0.3 is 0 Å². The third-order valence-electron chi connectivity index (χ3n) is 7.42. The van der Waals surface area contributed by atoms with E-state index in [0.29, 0.717) is 0 Å². The molecule has 6 aromatic rings. The van der Waals surface area contributed by atoms with Gasteiger partial charge in [0.25, 0.3) is 0 Å². The average Bonchev–Trinajstić information content (AvgIpc) is 3.17. The van der Waals surface area contributed by atoms with Crippen molar-refractivity contribution in [1.82, 2.24) is 0 Å². The topological polar surface area (TPSA) is 0 Å². The Morgan fingerprint density at radius 1 is 0.412 bits per heavy atom. The zero-order chi connectivity index (χ0) is 33.3. The first-order chi connectivity index (χ1) is 23.8. The largest absolute Gasteiger partial charge is 0.358 e. The van der Waals surface area contributed by atoms with Crippen LogP contribution in [0.3, 0.4) is 0 Å². The summed E-state index contributed by atoms with van der Waals surface area (Å²) < 4.78 is 0. The van der Waals surface area contributed by atoms with E-state index in [4.69, 9.17) is 0 Å². The summed E-state index contributed by atoms with van der Waals surface area (Å²) in [5.74, 6) is 0. The van der Waals surface area contributed by atoms with E-state index in [-0.39, 0.29) is 49.6 Å². The van der Waals surface area contributed by atoms with Crippen LogP contribution in [0, 0.1) is 38.6 Å². The number of benzene rings is 6. The van der Waals surface area contributed by atoms with Gasteiger partial charge in [0.2, 0.25) is 0 Å². The van der Waals surface area contributed by atoms with Crippen LogP contribution in [0.25, 0.3) is 22.3 Å². The van der Waals surface area contributed by atoms with Crippen molar-refractivity contribution < 1.29 is 42.1 Å². The van der Waals surface area contributed by atoms with Crippen LogP contribution >= 0.6 is 7.92 Å². The molecule has 0 amide bonds. The SMILES string of the molecule is C1=CCC/C=C\CC1.[CH2-]CC[PH+](c1ccccc1)c1ccccc1.[CH3-].[Pt].[Pt].[c-]1ccccc1-c1[c-]cccc1.[c-]1ccccc1-c1[c-]cccc1. The summed E-state index contributed by atoms with van der Waals surface area (Å²) in [6.45, 7) is 4.00. The molecule has 0 fully saturated rings. The second-order valence-corrected chi connectivity index (χ2v) is 13.6. The summed E-state index contributed by atoms with van der Waals surface area (Å²) in [7, 11) is -0.613. The van der Waals surface area contributed by atoms with E-state index in [9.17, 15) is 0 Å². The fourth-order valence-electron chi connectivity index (χ4n) is 5.01. The van der Waals surface area contributed by atoms with Crippen molar-refractivity contribution >= 4 is 18.5 Å². The Balaban J connectivity index is 0.000000341. The van der Waals surface area contributed by atoms with Gasteiger partial charge in [-0.15, -0.1) is 30.7 Å². The van der Waals surface area contributed by atoms with Gasteiger partial charge in [-0.2, -0.15) is 97.1 Å². The van der Waals surface area contributed by atoms with Gasteiger partial charge in [0.1, 0.15) is 0 Å². The first-order valence-electron chi connectivity index (χ1n) is 16.8. The first-order valence-corrected chi connectivity index (χ1v) is 18.5. The maximum atomic E-state index is 4.00. The van der Waals surface area contributed by atoms with Gasteiger partial charge in [-0.3, -0.25) is 0 Å². The van der Waals surface area contributed by atoms with Gasteiger partial charge in [-0.25, -0.2) is 22.3 Å². The molecule has 1 aliphatic carbocycles. The maximum Gasteiger partial charge on any atom is 0.0965 e. The predicted molar refractivity (Wildman–Crippen MR) is 218 cm³/mol. The molecule has 0 spiro atoms. The molecule has 0 saturated heterocycles. The van der Waals surface area contributed by atoms with Gasteiger partial charge in [0, 0.05) is 48.3 Å². The minimum atomic E-state index is -0.613. The Morgan fingerprint density at radius 2 is 0.686 bits per heavy atom. The molecule has 0 N–H and O–H groups in total. The molecule has 270 valence electrons. The molecule has 0 saturated carbocycles. The third-order valence-corrected chi connectivity index (χ3v) is 10.3. The van der Waals surface area contributed by atoms with E-state index in [1.54, 1.807) is 0 Å². The van der Waals surface area contributed by atoms with Crippen molar-refractivity contribution in [3.05, 3.63) is 221 Å². The molecule has 0 nitrogen and oxygen atoms in total. The molecule has 0 bridgehead atoms. The molecule has 0 unspecified atom stereocenters. The quantitative estimate of drug-likeness (QED) is 0.0886. The summed E-state index contributed by atoms with van der Waals surface area (Å²) in [5.41, 5.74) is 4.38. The molecular weight excluding hydrogens is 998 g/mol. The van der Waals surface area contributed by atoms with Crippen molar-refractivity contribution in [2.75, 3.05) is 6.16 Å². The molecule has 1 aliphatic rings. The van der Waals surface area contributed by atoms with Crippen molar-refractivity contribution in [3.63, 3.8) is 0 Å². The second-order valence-electron chi connectivity index (χ2n) is 11.0. The van der Waals surface area contributed by atoms with Gasteiger partial charge in [0.05, 0.1) is 18.5 Å². The van der Waals surface area contributed by atoms with Crippen LogP contribution in [0.2, 0.25) is 0 Å². The van der Waals surface area contributed by atoms with Crippen LogP contribution in [0.15, 0.2) is 182 Å². The normalized spacial score (nSPS) is 11.6. The standard InChI is InChI=1S/C15H16P.2C12H8.C8H12.CH3.2Pt/c1-2-13-16(14-9-5-3-6-10-14)15-11-7-4-8-12-15;2*1-3-7-11(8-4-1)12-9-5-2-6-10-12;1-2-4-6-8-7-5-3-1;;;/h3-12H,1-2,13H2;2*1-7,9H;1-2,7-8H,3-6H2;1H3;;/q-1;2*-2;;-1;;/p+1/b;;;2-1-,8-7?;;;. The van der Waals surface area contributed by atoms with Crippen molar-refractivity contribution in [1.29, 1.82) is 0 Å². The van der Waals surface area contributed by atoms with E-state index >= 15 is 0 Å². The molecule has 3 heteroatoms. The monoisotopic (exact) mass is 1050 g/mol. The Kier molecular flexibility index (Phi) is 26.1. The number of hydrogen-bond donors (Lipinski definition) is 0. The Morgan fingerprint density at radius 3 is 0.922 bits per heavy atom. The zero-order valence-electron chi connectivity index (χ0n) is 29.4. The van der Waals surface area contributed by atoms with E-state index in [1.165, 1.54) is 42.5 Å². The Labute approximate surface area is 339 Å². The van der Waals surface area contributed by atoms with Crippen LogP contribution in [-0.4, -0.2) is 6.16 Å². The summed E-state index contributed by atoms with van der Waals surface area (Å²) in [4.78, 5) is 0.